The van der Waals surface area contributed by atoms with Gasteiger partial charge in [-0.2, -0.15) is 5.10 Å². The molecule has 5 nitrogen and oxygen atoms in total. The number of halogens is 1. The lowest BCUT2D eigenvalue weighted by Gasteiger charge is -2.39. The predicted molar refractivity (Wildman–Crippen MR) is 77.5 cm³/mol. The number of carbonyl (C=O) groups is 1. The third-order valence-corrected chi connectivity index (χ3v) is 3.86. The van der Waals surface area contributed by atoms with Crippen LogP contribution >= 0.6 is 12.4 Å². The minimum absolute atomic E-state index is 0. The number of likely N-dealkylation sites (tertiary alicyclic amines) is 1. The van der Waals surface area contributed by atoms with E-state index < -0.39 is 0 Å². The molecule has 1 aliphatic heterocycles. The fraction of sp³-hybridized carbons (Fsp3) is 0.692. The van der Waals surface area contributed by atoms with Gasteiger partial charge < -0.3 is 10.6 Å². The van der Waals surface area contributed by atoms with Gasteiger partial charge in [-0.05, 0) is 25.7 Å². The van der Waals surface area contributed by atoms with Crippen molar-refractivity contribution in [2.75, 3.05) is 13.1 Å². The monoisotopic (exact) mass is 286 g/mol. The molecule has 1 saturated heterocycles. The molecule has 2 unspecified atom stereocenters. The minimum atomic E-state index is 0. The summed E-state index contributed by atoms with van der Waals surface area (Å²) in [6.07, 6.45) is 4.00. The van der Waals surface area contributed by atoms with Crippen molar-refractivity contribution in [1.82, 2.24) is 14.7 Å². The maximum Gasteiger partial charge on any atom is 0.257 e. The summed E-state index contributed by atoms with van der Waals surface area (Å²) in [5.41, 5.74) is 7.32. The molecule has 0 spiro atoms. The number of nitrogens with two attached hydrogens (primary N) is 1. The zero-order chi connectivity index (χ0) is 13.3. The van der Waals surface area contributed by atoms with E-state index in [9.17, 15) is 4.79 Å². The smallest absolute Gasteiger partial charge is 0.257 e. The van der Waals surface area contributed by atoms with E-state index in [1.807, 2.05) is 18.9 Å². The fourth-order valence-corrected chi connectivity index (χ4v) is 2.82. The standard InChI is InChI=1S/C13H22N4O.ClH/c1-9-5-4-6-17(12(9)7-14)13(18)11-8-16(3)15-10(11)2;/h8-9,12H,4-7,14H2,1-3H3;1H. The fourth-order valence-electron chi connectivity index (χ4n) is 2.82. The molecule has 19 heavy (non-hydrogen) atoms. The van der Waals surface area contributed by atoms with Gasteiger partial charge in [-0.3, -0.25) is 9.48 Å². The molecule has 0 aliphatic carbocycles. The molecule has 1 fully saturated rings. The number of amides is 1. The van der Waals surface area contributed by atoms with Gasteiger partial charge in [0.2, 0.25) is 0 Å². The van der Waals surface area contributed by atoms with Gasteiger partial charge in [-0.25, -0.2) is 0 Å². The molecule has 1 amide bonds. The van der Waals surface area contributed by atoms with E-state index in [2.05, 4.69) is 12.0 Å². The zero-order valence-electron chi connectivity index (χ0n) is 11.8. The summed E-state index contributed by atoms with van der Waals surface area (Å²) in [5, 5.41) is 4.23. The number of piperidine rings is 1. The van der Waals surface area contributed by atoms with Crippen molar-refractivity contribution in [3.05, 3.63) is 17.5 Å². The van der Waals surface area contributed by atoms with E-state index in [0.717, 1.165) is 25.1 Å². The van der Waals surface area contributed by atoms with Crippen LogP contribution in [0.1, 0.15) is 35.8 Å². The van der Waals surface area contributed by atoms with Crippen LogP contribution in [0.2, 0.25) is 0 Å². The molecule has 1 aliphatic rings. The van der Waals surface area contributed by atoms with Gasteiger partial charge in [0.1, 0.15) is 0 Å². The van der Waals surface area contributed by atoms with Crippen LogP contribution in [0.5, 0.6) is 0 Å². The Labute approximate surface area is 120 Å². The molecule has 6 heteroatoms. The third kappa shape index (κ3) is 3.09. The van der Waals surface area contributed by atoms with E-state index in [4.69, 9.17) is 5.73 Å². The number of rotatable bonds is 2. The Bertz CT molecular complexity index is 446. The van der Waals surface area contributed by atoms with Crippen molar-refractivity contribution < 1.29 is 4.79 Å². The molecular weight excluding hydrogens is 264 g/mol. The largest absolute Gasteiger partial charge is 0.334 e. The highest BCUT2D eigenvalue weighted by atomic mass is 35.5. The van der Waals surface area contributed by atoms with Crippen molar-refractivity contribution in [3.63, 3.8) is 0 Å². The zero-order valence-corrected chi connectivity index (χ0v) is 12.6. The van der Waals surface area contributed by atoms with E-state index in [1.165, 1.54) is 0 Å². The number of aryl methyl sites for hydroxylation is 2. The first-order valence-corrected chi connectivity index (χ1v) is 6.56. The summed E-state index contributed by atoms with van der Waals surface area (Å²) < 4.78 is 1.69. The minimum Gasteiger partial charge on any atom is -0.334 e. The van der Waals surface area contributed by atoms with Gasteiger partial charge in [-0.15, -0.1) is 12.4 Å². The molecule has 0 aromatic carbocycles. The van der Waals surface area contributed by atoms with Crippen LogP contribution in [-0.4, -0.2) is 39.7 Å². The predicted octanol–water partition coefficient (Wildman–Crippen LogP) is 1.35. The quantitative estimate of drug-likeness (QED) is 0.892. The number of hydrogen-bond donors (Lipinski definition) is 1. The summed E-state index contributed by atoms with van der Waals surface area (Å²) in [4.78, 5) is 14.5. The molecule has 108 valence electrons. The Kier molecular flexibility index (Phi) is 5.38. The maximum atomic E-state index is 12.6. The van der Waals surface area contributed by atoms with Crippen molar-refractivity contribution in [2.45, 2.75) is 32.7 Å². The van der Waals surface area contributed by atoms with Crippen LogP contribution in [0.4, 0.5) is 0 Å². The summed E-state index contributed by atoms with van der Waals surface area (Å²) in [7, 11) is 1.84. The van der Waals surface area contributed by atoms with Gasteiger partial charge in [0, 0.05) is 32.4 Å². The number of carbonyl (C=O) groups excluding carboxylic acids is 1. The number of aromatic nitrogens is 2. The summed E-state index contributed by atoms with van der Waals surface area (Å²) >= 11 is 0. The van der Waals surface area contributed by atoms with Gasteiger partial charge >= 0.3 is 0 Å². The first kappa shape index (κ1) is 16.0. The molecule has 0 saturated carbocycles. The Morgan fingerprint density at radius 3 is 2.79 bits per heavy atom. The lowest BCUT2D eigenvalue weighted by atomic mass is 9.90. The topological polar surface area (TPSA) is 64.2 Å². The van der Waals surface area contributed by atoms with Crippen LogP contribution in [0.25, 0.3) is 0 Å². The van der Waals surface area contributed by atoms with Crippen molar-refractivity contribution in [3.8, 4) is 0 Å². The van der Waals surface area contributed by atoms with Gasteiger partial charge in [-0.1, -0.05) is 6.92 Å². The Morgan fingerprint density at radius 2 is 2.26 bits per heavy atom. The first-order chi connectivity index (χ1) is 8.54. The van der Waals surface area contributed by atoms with Crippen LogP contribution in [0.3, 0.4) is 0 Å². The highest BCUT2D eigenvalue weighted by Crippen LogP contribution is 2.24. The molecule has 2 atom stereocenters. The van der Waals surface area contributed by atoms with Crippen LogP contribution < -0.4 is 5.73 Å². The molecule has 2 rings (SSSR count). The van der Waals surface area contributed by atoms with Crippen molar-refractivity contribution in [1.29, 1.82) is 0 Å². The third-order valence-electron chi connectivity index (χ3n) is 3.86. The van der Waals surface area contributed by atoms with Crippen molar-refractivity contribution in [2.24, 2.45) is 18.7 Å². The van der Waals surface area contributed by atoms with Crippen LogP contribution in [0, 0.1) is 12.8 Å². The lowest BCUT2D eigenvalue weighted by molar-refractivity contribution is 0.0532. The summed E-state index contributed by atoms with van der Waals surface area (Å²) in [6.45, 7) is 5.39. The lowest BCUT2D eigenvalue weighted by Crippen LogP contribution is -2.51. The normalized spacial score (nSPS) is 23.1. The van der Waals surface area contributed by atoms with Gasteiger partial charge in [0.25, 0.3) is 5.91 Å². The summed E-state index contributed by atoms with van der Waals surface area (Å²) in [5.74, 6) is 0.548. The highest BCUT2D eigenvalue weighted by Gasteiger charge is 2.32. The maximum absolute atomic E-state index is 12.6. The van der Waals surface area contributed by atoms with Crippen LogP contribution in [0.15, 0.2) is 6.20 Å². The molecule has 0 bridgehead atoms. The van der Waals surface area contributed by atoms with E-state index in [1.54, 1.807) is 10.9 Å². The SMILES string of the molecule is Cc1nn(C)cc1C(=O)N1CCCC(C)C1CN.Cl. The molecule has 0 radical (unpaired) electrons. The Balaban J connectivity index is 0.00000180. The average molecular weight is 287 g/mol. The highest BCUT2D eigenvalue weighted by molar-refractivity contribution is 5.95. The van der Waals surface area contributed by atoms with Crippen LogP contribution in [-0.2, 0) is 7.05 Å². The number of nitrogens with zero attached hydrogens (tertiary/aromatic N) is 3. The molecule has 1 aromatic heterocycles. The van der Waals surface area contributed by atoms with E-state index in [0.29, 0.717) is 18.0 Å². The number of hydrogen-bond acceptors (Lipinski definition) is 3. The molecular formula is C13H23ClN4O. The van der Waals surface area contributed by atoms with Gasteiger partial charge in [0.05, 0.1) is 11.3 Å². The second-order valence-corrected chi connectivity index (χ2v) is 5.22. The van der Waals surface area contributed by atoms with Crippen molar-refractivity contribution >= 4 is 18.3 Å². The van der Waals surface area contributed by atoms with E-state index >= 15 is 0 Å². The Morgan fingerprint density at radius 1 is 1.58 bits per heavy atom. The molecule has 2 heterocycles. The molecule has 2 N–H and O–H groups in total. The average Bonchev–Trinajstić information content (AvgIpc) is 2.67. The first-order valence-electron chi connectivity index (χ1n) is 6.56. The second-order valence-electron chi connectivity index (χ2n) is 5.22. The molecule has 1 aromatic rings. The Hall–Kier alpha value is -1.07. The van der Waals surface area contributed by atoms with Gasteiger partial charge in [0.15, 0.2) is 0 Å². The summed E-state index contributed by atoms with van der Waals surface area (Å²) in [6, 6.07) is 0.158. The second kappa shape index (κ2) is 6.39. The van der Waals surface area contributed by atoms with E-state index in [-0.39, 0.29) is 24.4 Å².